The van der Waals surface area contributed by atoms with Gasteiger partial charge in [-0.25, -0.2) is 0 Å². The highest BCUT2D eigenvalue weighted by atomic mass is 14.3. The molecule has 0 aromatic rings. The van der Waals surface area contributed by atoms with Gasteiger partial charge in [0.1, 0.15) is 0 Å². The lowest BCUT2D eigenvalue weighted by Crippen LogP contribution is -2.13. The van der Waals surface area contributed by atoms with Crippen molar-refractivity contribution in [3.05, 3.63) is 47.1 Å². The molecule has 1 unspecified atom stereocenters. The maximum absolute atomic E-state index is 2.36. The minimum Gasteiger partial charge on any atom is -0.0841 e. The molecule has 0 bridgehead atoms. The van der Waals surface area contributed by atoms with Gasteiger partial charge in [-0.15, -0.1) is 0 Å². The Balaban J connectivity index is 2.02. The topological polar surface area (TPSA) is 0 Å². The van der Waals surface area contributed by atoms with E-state index in [-0.39, 0.29) is 0 Å². The third kappa shape index (κ3) is 1.05. The minimum absolute atomic E-state index is 0.689. The predicted octanol–water partition coefficient (Wildman–Crippen LogP) is 3.54. The molecule has 0 radical (unpaired) electrons. The second-order valence-corrected chi connectivity index (χ2v) is 4.11. The second-order valence-electron chi connectivity index (χ2n) is 4.11. The lowest BCUT2D eigenvalue weighted by molar-refractivity contribution is 0.694. The van der Waals surface area contributed by atoms with Gasteiger partial charge in [-0.2, -0.15) is 0 Å². The van der Waals surface area contributed by atoms with Gasteiger partial charge in [0.15, 0.2) is 0 Å². The van der Waals surface area contributed by atoms with Crippen LogP contribution in [0.4, 0.5) is 0 Å². The van der Waals surface area contributed by atoms with Crippen LogP contribution < -0.4 is 0 Å². The number of hydrogen-bond acceptors (Lipinski definition) is 0. The van der Waals surface area contributed by atoms with Crippen LogP contribution in [0, 0.1) is 5.92 Å². The van der Waals surface area contributed by atoms with Gasteiger partial charge < -0.3 is 0 Å². The zero-order valence-electron chi connectivity index (χ0n) is 7.79. The molecule has 3 rings (SSSR count). The fraction of sp³-hybridized carbons (Fsp3) is 0.385. The molecule has 0 heterocycles. The Hall–Kier alpha value is -1.04. The van der Waals surface area contributed by atoms with Crippen LogP contribution in [0.15, 0.2) is 47.1 Å². The molecule has 0 aromatic carbocycles. The van der Waals surface area contributed by atoms with Crippen molar-refractivity contribution in [3.63, 3.8) is 0 Å². The average molecular weight is 170 g/mol. The van der Waals surface area contributed by atoms with Crippen molar-refractivity contribution < 1.29 is 0 Å². The van der Waals surface area contributed by atoms with Crippen molar-refractivity contribution in [2.75, 3.05) is 0 Å². The Morgan fingerprint density at radius 1 is 1.08 bits per heavy atom. The molecule has 13 heavy (non-hydrogen) atoms. The van der Waals surface area contributed by atoms with Crippen LogP contribution >= 0.6 is 0 Å². The molecule has 0 nitrogen and oxygen atoms in total. The summed E-state index contributed by atoms with van der Waals surface area (Å²) in [4.78, 5) is 0. The fourth-order valence-electron chi connectivity index (χ4n) is 2.71. The van der Waals surface area contributed by atoms with E-state index >= 15 is 0 Å². The number of hydrogen-bond donors (Lipinski definition) is 0. The molecule has 3 aliphatic rings. The van der Waals surface area contributed by atoms with Crippen LogP contribution in [0.3, 0.4) is 0 Å². The third-order valence-corrected chi connectivity index (χ3v) is 3.43. The van der Waals surface area contributed by atoms with E-state index in [1.54, 1.807) is 16.7 Å². The van der Waals surface area contributed by atoms with E-state index in [2.05, 4.69) is 30.4 Å². The van der Waals surface area contributed by atoms with Gasteiger partial charge in [0.25, 0.3) is 0 Å². The highest BCUT2D eigenvalue weighted by molar-refractivity contribution is 5.44. The Kier molecular flexibility index (Phi) is 1.55. The Labute approximate surface area is 79.3 Å². The predicted molar refractivity (Wildman–Crippen MR) is 55.3 cm³/mol. The molecule has 0 aliphatic heterocycles. The van der Waals surface area contributed by atoms with E-state index < -0.39 is 0 Å². The fourth-order valence-corrected chi connectivity index (χ4v) is 2.71. The smallest absolute Gasteiger partial charge is 0.0199 e. The van der Waals surface area contributed by atoms with Crippen LogP contribution in [0.2, 0.25) is 0 Å². The summed E-state index contributed by atoms with van der Waals surface area (Å²) in [6.07, 6.45) is 16.6. The molecular formula is C13H14. The van der Waals surface area contributed by atoms with Crippen molar-refractivity contribution in [3.8, 4) is 0 Å². The molecule has 1 atom stereocenters. The number of rotatable bonds is 0. The SMILES string of the molecule is C1=CC2C(=C1)CCC1=C2CC=CC1. The lowest BCUT2D eigenvalue weighted by Gasteiger charge is -2.28. The van der Waals surface area contributed by atoms with Crippen LogP contribution in [0.5, 0.6) is 0 Å². The molecule has 0 heteroatoms. The quantitative estimate of drug-likeness (QED) is 0.488. The van der Waals surface area contributed by atoms with Crippen molar-refractivity contribution in [1.82, 2.24) is 0 Å². The Bertz CT molecular complexity index is 350. The molecule has 0 fully saturated rings. The largest absolute Gasteiger partial charge is 0.0841 e. The first-order valence-electron chi connectivity index (χ1n) is 5.18. The average Bonchev–Trinajstić information content (AvgIpc) is 2.65. The molecule has 66 valence electrons. The van der Waals surface area contributed by atoms with Crippen LogP contribution in [-0.4, -0.2) is 0 Å². The van der Waals surface area contributed by atoms with E-state index in [4.69, 9.17) is 0 Å². The molecule has 3 aliphatic carbocycles. The molecule has 0 spiro atoms. The number of fused-ring (bicyclic) bond motifs is 2. The summed E-state index contributed by atoms with van der Waals surface area (Å²) in [5.74, 6) is 0.689. The van der Waals surface area contributed by atoms with Crippen molar-refractivity contribution in [1.29, 1.82) is 0 Å². The summed E-state index contributed by atoms with van der Waals surface area (Å²) < 4.78 is 0. The molecule has 0 saturated heterocycles. The van der Waals surface area contributed by atoms with Gasteiger partial charge in [-0.05, 0) is 25.7 Å². The molecule has 0 N–H and O–H groups in total. The van der Waals surface area contributed by atoms with E-state index in [1.807, 2.05) is 0 Å². The van der Waals surface area contributed by atoms with Crippen LogP contribution in [0.25, 0.3) is 0 Å². The van der Waals surface area contributed by atoms with Crippen molar-refractivity contribution in [2.45, 2.75) is 25.7 Å². The first kappa shape index (κ1) is 7.37. The lowest BCUT2D eigenvalue weighted by atomic mass is 9.76. The van der Waals surface area contributed by atoms with Gasteiger partial charge in [0.05, 0.1) is 0 Å². The second kappa shape index (κ2) is 2.73. The standard InChI is InChI=1S/C13H14/c1-2-6-12-10(4-1)8-9-11-5-3-7-13(11)12/h1-3,5,7,13H,4,6,8-9H2. The number of allylic oxidation sites excluding steroid dienone is 8. The monoisotopic (exact) mass is 170 g/mol. The highest BCUT2D eigenvalue weighted by Gasteiger charge is 2.26. The van der Waals surface area contributed by atoms with Gasteiger partial charge in [-0.1, -0.05) is 47.1 Å². The highest BCUT2D eigenvalue weighted by Crippen LogP contribution is 2.42. The van der Waals surface area contributed by atoms with Crippen LogP contribution in [0.1, 0.15) is 25.7 Å². The van der Waals surface area contributed by atoms with E-state index in [1.165, 1.54) is 25.7 Å². The van der Waals surface area contributed by atoms with Gasteiger partial charge in [-0.3, -0.25) is 0 Å². The maximum atomic E-state index is 2.36. The minimum atomic E-state index is 0.689. The molecule has 0 amide bonds. The normalized spacial score (nSPS) is 30.2. The Morgan fingerprint density at radius 2 is 2.00 bits per heavy atom. The summed E-state index contributed by atoms with van der Waals surface area (Å²) in [6.45, 7) is 0. The summed E-state index contributed by atoms with van der Waals surface area (Å²) in [6, 6.07) is 0. The van der Waals surface area contributed by atoms with Crippen molar-refractivity contribution in [2.24, 2.45) is 5.92 Å². The van der Waals surface area contributed by atoms with Crippen LogP contribution in [-0.2, 0) is 0 Å². The molecular weight excluding hydrogens is 156 g/mol. The summed E-state index contributed by atoms with van der Waals surface area (Å²) in [5, 5.41) is 0. The Morgan fingerprint density at radius 3 is 3.00 bits per heavy atom. The zero-order valence-corrected chi connectivity index (χ0v) is 7.79. The van der Waals surface area contributed by atoms with Gasteiger partial charge in [0, 0.05) is 5.92 Å². The zero-order chi connectivity index (χ0) is 8.67. The summed E-state index contributed by atoms with van der Waals surface area (Å²) in [5.41, 5.74) is 5.07. The third-order valence-electron chi connectivity index (χ3n) is 3.43. The van der Waals surface area contributed by atoms with Gasteiger partial charge >= 0.3 is 0 Å². The van der Waals surface area contributed by atoms with E-state index in [9.17, 15) is 0 Å². The first-order valence-corrected chi connectivity index (χ1v) is 5.18. The van der Waals surface area contributed by atoms with E-state index in [0.29, 0.717) is 5.92 Å². The maximum Gasteiger partial charge on any atom is 0.0199 e. The summed E-state index contributed by atoms with van der Waals surface area (Å²) >= 11 is 0. The molecule has 0 saturated carbocycles. The van der Waals surface area contributed by atoms with E-state index in [0.717, 1.165) is 0 Å². The van der Waals surface area contributed by atoms with Gasteiger partial charge in [0.2, 0.25) is 0 Å². The molecule has 0 aromatic heterocycles. The first-order chi connectivity index (χ1) is 6.45. The summed E-state index contributed by atoms with van der Waals surface area (Å²) in [7, 11) is 0. The van der Waals surface area contributed by atoms with Crippen molar-refractivity contribution >= 4 is 0 Å².